The lowest BCUT2D eigenvalue weighted by Gasteiger charge is -2.20. The molecule has 2 aliphatic rings. The van der Waals surface area contributed by atoms with Crippen molar-refractivity contribution in [3.8, 4) is 0 Å². The van der Waals surface area contributed by atoms with Gasteiger partial charge in [0.25, 0.3) is 0 Å². The number of carbonyl (C=O) groups excluding carboxylic acids is 1. The summed E-state index contributed by atoms with van der Waals surface area (Å²) in [5.74, 6) is 2.15. The van der Waals surface area contributed by atoms with E-state index in [1.165, 1.54) is 12.8 Å². The third-order valence-electron chi connectivity index (χ3n) is 3.10. The van der Waals surface area contributed by atoms with E-state index >= 15 is 0 Å². The molecule has 0 radical (unpaired) electrons. The van der Waals surface area contributed by atoms with Crippen LogP contribution in [0, 0.1) is 11.8 Å². The molecule has 4 heteroatoms. The van der Waals surface area contributed by atoms with E-state index in [1.807, 2.05) is 4.90 Å². The number of hydrogen-bond acceptors (Lipinski definition) is 2. The molecule has 80 valence electrons. The van der Waals surface area contributed by atoms with Gasteiger partial charge in [0.15, 0.2) is 0 Å². The molecule has 1 N–H and O–H groups in total. The van der Waals surface area contributed by atoms with E-state index in [1.54, 1.807) is 12.5 Å². The minimum atomic E-state index is 0.283. The van der Waals surface area contributed by atoms with Crippen LogP contribution in [0.2, 0.25) is 0 Å². The Morgan fingerprint density at radius 2 is 2.27 bits per heavy atom. The summed E-state index contributed by atoms with van der Waals surface area (Å²) < 4.78 is 0. The number of aromatic nitrogens is 2. The first-order valence-corrected chi connectivity index (χ1v) is 5.64. The monoisotopic (exact) mass is 205 g/mol. The minimum absolute atomic E-state index is 0.283. The Morgan fingerprint density at radius 3 is 2.80 bits per heavy atom. The molecule has 2 fully saturated rings. The van der Waals surface area contributed by atoms with Crippen molar-refractivity contribution >= 4 is 11.7 Å². The number of aromatic amines is 1. The Hall–Kier alpha value is -1.32. The molecule has 0 spiro atoms. The van der Waals surface area contributed by atoms with Crippen molar-refractivity contribution in [3.63, 3.8) is 0 Å². The van der Waals surface area contributed by atoms with Gasteiger partial charge in [-0.25, -0.2) is 4.98 Å². The second-order valence-electron chi connectivity index (χ2n) is 4.60. The van der Waals surface area contributed by atoms with Gasteiger partial charge in [0, 0.05) is 12.5 Å². The number of rotatable bonds is 4. The Labute approximate surface area is 88.7 Å². The first-order chi connectivity index (χ1) is 7.34. The van der Waals surface area contributed by atoms with Gasteiger partial charge in [-0.05, 0) is 31.6 Å². The predicted molar refractivity (Wildman–Crippen MR) is 56.4 cm³/mol. The van der Waals surface area contributed by atoms with Crippen molar-refractivity contribution < 1.29 is 4.79 Å². The fraction of sp³-hybridized carbons (Fsp3) is 0.636. The summed E-state index contributed by atoms with van der Waals surface area (Å²) in [6.45, 7) is 0.873. The van der Waals surface area contributed by atoms with E-state index in [9.17, 15) is 4.79 Å². The van der Waals surface area contributed by atoms with E-state index in [0.717, 1.165) is 31.1 Å². The minimum Gasteiger partial charge on any atom is -0.331 e. The molecule has 1 heterocycles. The summed E-state index contributed by atoms with van der Waals surface area (Å²) in [6.07, 6.45) is 8.03. The maximum absolute atomic E-state index is 12.0. The largest absolute Gasteiger partial charge is 0.331 e. The molecular formula is C11H15N3O. The molecule has 0 aliphatic heterocycles. The topological polar surface area (TPSA) is 49.0 Å². The zero-order chi connectivity index (χ0) is 10.3. The van der Waals surface area contributed by atoms with Crippen LogP contribution in [0.3, 0.4) is 0 Å². The van der Waals surface area contributed by atoms with Gasteiger partial charge in [-0.15, -0.1) is 0 Å². The van der Waals surface area contributed by atoms with E-state index in [4.69, 9.17) is 0 Å². The molecule has 0 atom stereocenters. The molecule has 15 heavy (non-hydrogen) atoms. The van der Waals surface area contributed by atoms with E-state index in [-0.39, 0.29) is 11.8 Å². The molecule has 1 amide bonds. The van der Waals surface area contributed by atoms with Crippen LogP contribution < -0.4 is 4.90 Å². The molecule has 2 aliphatic carbocycles. The average molecular weight is 205 g/mol. The Balaban J connectivity index is 1.76. The quantitative estimate of drug-likeness (QED) is 0.811. The van der Waals surface area contributed by atoms with Gasteiger partial charge in [-0.3, -0.25) is 9.69 Å². The van der Waals surface area contributed by atoms with Crippen LogP contribution in [-0.2, 0) is 4.79 Å². The van der Waals surface area contributed by atoms with Crippen LogP contribution in [0.15, 0.2) is 12.5 Å². The smallest absolute Gasteiger partial charge is 0.231 e. The highest BCUT2D eigenvalue weighted by atomic mass is 16.2. The lowest BCUT2D eigenvalue weighted by atomic mass is 10.3. The fourth-order valence-electron chi connectivity index (χ4n) is 1.81. The predicted octanol–water partition coefficient (Wildman–Crippen LogP) is 1.56. The number of hydrogen-bond donors (Lipinski definition) is 1. The van der Waals surface area contributed by atoms with E-state index in [2.05, 4.69) is 9.97 Å². The number of nitrogens with one attached hydrogen (secondary N) is 1. The van der Waals surface area contributed by atoms with Crippen molar-refractivity contribution in [1.82, 2.24) is 9.97 Å². The maximum Gasteiger partial charge on any atom is 0.231 e. The highest BCUT2D eigenvalue weighted by molar-refractivity contribution is 5.95. The molecule has 1 aromatic rings. The van der Waals surface area contributed by atoms with E-state index in [0.29, 0.717) is 0 Å². The van der Waals surface area contributed by atoms with Crippen LogP contribution >= 0.6 is 0 Å². The Bertz CT molecular complexity index is 352. The third kappa shape index (κ3) is 1.89. The first-order valence-electron chi connectivity index (χ1n) is 5.64. The van der Waals surface area contributed by atoms with Crippen molar-refractivity contribution in [1.29, 1.82) is 0 Å². The number of anilines is 1. The van der Waals surface area contributed by atoms with Gasteiger partial charge >= 0.3 is 0 Å². The van der Waals surface area contributed by atoms with Gasteiger partial charge in [-0.2, -0.15) is 0 Å². The fourth-order valence-corrected chi connectivity index (χ4v) is 1.81. The van der Waals surface area contributed by atoms with E-state index < -0.39 is 0 Å². The molecule has 0 bridgehead atoms. The normalized spacial score (nSPS) is 20.3. The van der Waals surface area contributed by atoms with Crippen molar-refractivity contribution in [2.75, 3.05) is 11.4 Å². The van der Waals surface area contributed by atoms with Crippen LogP contribution in [0.5, 0.6) is 0 Å². The first kappa shape index (κ1) is 8.95. The average Bonchev–Trinajstić information content (AvgIpc) is 3.15. The number of H-pyrrole nitrogens is 1. The SMILES string of the molecule is O=C(C1CC1)N(CC1CC1)c1cnc[nH]1. The Morgan fingerprint density at radius 1 is 1.47 bits per heavy atom. The maximum atomic E-state index is 12.0. The zero-order valence-electron chi connectivity index (χ0n) is 8.65. The number of nitrogens with zero attached hydrogens (tertiary/aromatic N) is 2. The molecule has 0 unspecified atom stereocenters. The zero-order valence-corrected chi connectivity index (χ0v) is 8.65. The summed E-state index contributed by atoms with van der Waals surface area (Å²) in [4.78, 5) is 20.9. The van der Waals surface area contributed by atoms with Crippen molar-refractivity contribution in [3.05, 3.63) is 12.5 Å². The lowest BCUT2D eigenvalue weighted by molar-refractivity contribution is -0.119. The summed E-state index contributed by atoms with van der Waals surface area (Å²) >= 11 is 0. The summed E-state index contributed by atoms with van der Waals surface area (Å²) in [5.41, 5.74) is 0. The highest BCUT2D eigenvalue weighted by Crippen LogP contribution is 2.35. The molecular weight excluding hydrogens is 190 g/mol. The second kappa shape index (κ2) is 3.36. The Kier molecular flexibility index (Phi) is 2.01. The van der Waals surface area contributed by atoms with Crippen LogP contribution in [-0.4, -0.2) is 22.4 Å². The van der Waals surface area contributed by atoms with Gasteiger partial charge < -0.3 is 4.98 Å². The molecule has 1 aromatic heterocycles. The number of amides is 1. The molecule has 0 saturated heterocycles. The molecule has 0 aromatic carbocycles. The molecule has 2 saturated carbocycles. The van der Waals surface area contributed by atoms with Gasteiger partial charge in [0.2, 0.25) is 5.91 Å². The van der Waals surface area contributed by atoms with Gasteiger partial charge in [0.1, 0.15) is 5.82 Å². The molecule has 4 nitrogen and oxygen atoms in total. The van der Waals surface area contributed by atoms with Crippen LogP contribution in [0.25, 0.3) is 0 Å². The third-order valence-corrected chi connectivity index (χ3v) is 3.10. The number of imidazole rings is 1. The lowest BCUT2D eigenvalue weighted by Crippen LogP contribution is -2.34. The second-order valence-corrected chi connectivity index (χ2v) is 4.60. The number of carbonyl (C=O) groups is 1. The standard InChI is InChI=1S/C11H15N3O/c15-11(9-3-4-9)14(6-8-1-2-8)10-5-12-7-13-10/h5,7-9H,1-4,6H2,(H,12,13). The highest BCUT2D eigenvalue weighted by Gasteiger charge is 2.36. The van der Waals surface area contributed by atoms with Gasteiger partial charge in [-0.1, -0.05) is 0 Å². The van der Waals surface area contributed by atoms with Crippen molar-refractivity contribution in [2.45, 2.75) is 25.7 Å². The van der Waals surface area contributed by atoms with Crippen LogP contribution in [0.1, 0.15) is 25.7 Å². The molecule has 3 rings (SSSR count). The van der Waals surface area contributed by atoms with Gasteiger partial charge in [0.05, 0.1) is 12.5 Å². The summed E-state index contributed by atoms with van der Waals surface area (Å²) in [5, 5.41) is 0. The summed E-state index contributed by atoms with van der Waals surface area (Å²) in [7, 11) is 0. The van der Waals surface area contributed by atoms with Crippen LogP contribution in [0.4, 0.5) is 5.82 Å². The van der Waals surface area contributed by atoms with Crippen molar-refractivity contribution in [2.24, 2.45) is 11.8 Å². The summed E-state index contributed by atoms with van der Waals surface area (Å²) in [6, 6.07) is 0.